The van der Waals surface area contributed by atoms with Crippen LogP contribution in [0, 0.1) is 23.7 Å². The van der Waals surface area contributed by atoms with E-state index in [2.05, 4.69) is 4.98 Å². The standard InChI is InChI=1S/C17H20N4O3/c1-11-13(8-12(9-18)14(22)19-11)15(23)21-7-5-17(10-21)4-3-6-20(2)16(17)24/h8H,3-7,10H2,1-2H3,(H,19,22). The Hall–Kier alpha value is -2.62. The molecule has 2 fully saturated rings. The fourth-order valence-corrected chi connectivity index (χ4v) is 3.79. The van der Waals surface area contributed by atoms with Gasteiger partial charge in [-0.25, -0.2) is 0 Å². The van der Waals surface area contributed by atoms with Gasteiger partial charge in [-0.15, -0.1) is 0 Å². The number of piperidine rings is 1. The van der Waals surface area contributed by atoms with Gasteiger partial charge in [-0.2, -0.15) is 5.26 Å². The monoisotopic (exact) mass is 328 g/mol. The number of nitrogens with zero attached hydrogens (tertiary/aromatic N) is 3. The van der Waals surface area contributed by atoms with E-state index in [4.69, 9.17) is 5.26 Å². The van der Waals surface area contributed by atoms with Gasteiger partial charge in [0.25, 0.3) is 11.5 Å². The van der Waals surface area contributed by atoms with Gasteiger partial charge in [0.2, 0.25) is 5.91 Å². The van der Waals surface area contributed by atoms with E-state index in [1.807, 2.05) is 0 Å². The summed E-state index contributed by atoms with van der Waals surface area (Å²) < 4.78 is 0. The first-order valence-electron chi connectivity index (χ1n) is 8.07. The molecule has 2 aliphatic rings. The van der Waals surface area contributed by atoms with Gasteiger partial charge in [0, 0.05) is 32.4 Å². The first-order chi connectivity index (χ1) is 11.4. The van der Waals surface area contributed by atoms with Crippen molar-refractivity contribution in [1.29, 1.82) is 5.26 Å². The molecule has 0 aromatic carbocycles. The second kappa shape index (κ2) is 5.78. The Kier molecular flexibility index (Phi) is 3.91. The number of pyridine rings is 1. The van der Waals surface area contributed by atoms with E-state index in [1.54, 1.807) is 29.8 Å². The minimum atomic E-state index is -0.492. The molecule has 2 aliphatic heterocycles. The molecule has 1 N–H and O–H groups in total. The summed E-state index contributed by atoms with van der Waals surface area (Å²) in [5.41, 5.74) is -0.284. The summed E-state index contributed by atoms with van der Waals surface area (Å²) in [7, 11) is 1.80. The van der Waals surface area contributed by atoms with Crippen LogP contribution < -0.4 is 5.56 Å². The lowest BCUT2D eigenvalue weighted by Gasteiger charge is -2.37. The van der Waals surface area contributed by atoms with Crippen molar-refractivity contribution < 1.29 is 9.59 Å². The van der Waals surface area contributed by atoms with E-state index < -0.39 is 11.0 Å². The predicted octanol–water partition coefficient (Wildman–Crippen LogP) is 0.639. The second-order valence-electron chi connectivity index (χ2n) is 6.75. The second-order valence-corrected chi connectivity index (χ2v) is 6.75. The number of likely N-dealkylation sites (tertiary alicyclic amines) is 2. The quantitative estimate of drug-likeness (QED) is 0.818. The molecule has 2 amide bonds. The molecule has 3 rings (SSSR count). The molecular weight excluding hydrogens is 308 g/mol. The largest absolute Gasteiger partial charge is 0.345 e. The molecule has 0 radical (unpaired) electrons. The summed E-state index contributed by atoms with van der Waals surface area (Å²) in [6.45, 7) is 3.31. The average molecular weight is 328 g/mol. The Labute approximate surface area is 139 Å². The number of rotatable bonds is 1. The summed E-state index contributed by atoms with van der Waals surface area (Å²) in [6, 6.07) is 3.15. The first-order valence-corrected chi connectivity index (χ1v) is 8.07. The van der Waals surface area contributed by atoms with Crippen LogP contribution in [0.3, 0.4) is 0 Å². The van der Waals surface area contributed by atoms with Gasteiger partial charge in [0.1, 0.15) is 11.6 Å². The van der Waals surface area contributed by atoms with Crippen molar-refractivity contribution in [3.05, 3.63) is 33.2 Å². The summed E-state index contributed by atoms with van der Waals surface area (Å²) in [6.07, 6.45) is 2.41. The van der Waals surface area contributed by atoms with Gasteiger partial charge in [0.05, 0.1) is 11.0 Å². The highest BCUT2D eigenvalue weighted by Gasteiger charge is 2.48. The molecule has 126 valence electrons. The summed E-state index contributed by atoms with van der Waals surface area (Å²) in [4.78, 5) is 43.0. The molecule has 1 unspecified atom stereocenters. The minimum absolute atomic E-state index is 0.0775. The van der Waals surface area contributed by atoms with Crippen LogP contribution in [0.4, 0.5) is 0 Å². The van der Waals surface area contributed by atoms with Crippen LogP contribution in [-0.4, -0.2) is 53.3 Å². The Bertz CT molecular complexity index is 807. The minimum Gasteiger partial charge on any atom is -0.345 e. The molecule has 0 bridgehead atoms. The van der Waals surface area contributed by atoms with Gasteiger partial charge in [-0.1, -0.05) is 0 Å². The molecule has 7 nitrogen and oxygen atoms in total. The summed E-state index contributed by atoms with van der Waals surface area (Å²) >= 11 is 0. The third kappa shape index (κ3) is 2.48. The van der Waals surface area contributed by atoms with Crippen LogP contribution in [0.5, 0.6) is 0 Å². The molecular formula is C17H20N4O3. The van der Waals surface area contributed by atoms with Crippen LogP contribution in [0.1, 0.15) is 40.9 Å². The number of amides is 2. The number of aromatic amines is 1. The number of hydrogen-bond donors (Lipinski definition) is 1. The molecule has 0 saturated carbocycles. The Morgan fingerprint density at radius 2 is 2.08 bits per heavy atom. The predicted molar refractivity (Wildman–Crippen MR) is 86.3 cm³/mol. The van der Waals surface area contributed by atoms with Crippen molar-refractivity contribution in [2.45, 2.75) is 26.2 Å². The third-order valence-corrected chi connectivity index (χ3v) is 5.18. The number of aryl methyl sites for hydroxylation is 1. The number of H-pyrrole nitrogens is 1. The lowest BCUT2D eigenvalue weighted by atomic mass is 9.78. The normalized spacial score (nSPS) is 23.6. The number of hydrogen-bond acceptors (Lipinski definition) is 4. The molecule has 3 heterocycles. The van der Waals surface area contributed by atoms with Crippen LogP contribution >= 0.6 is 0 Å². The van der Waals surface area contributed by atoms with Crippen LogP contribution in [0.2, 0.25) is 0 Å². The number of carbonyl (C=O) groups excluding carboxylic acids is 2. The van der Waals surface area contributed by atoms with Gasteiger partial charge >= 0.3 is 0 Å². The molecule has 1 aromatic rings. The number of carbonyl (C=O) groups is 2. The molecule has 0 aliphatic carbocycles. The lowest BCUT2D eigenvalue weighted by Crippen LogP contribution is -2.48. The zero-order chi connectivity index (χ0) is 17.5. The molecule has 1 spiro atoms. The van der Waals surface area contributed by atoms with Gasteiger partial charge in [-0.05, 0) is 32.3 Å². The van der Waals surface area contributed by atoms with Gasteiger partial charge in [-0.3, -0.25) is 14.4 Å². The SMILES string of the molecule is Cc1[nH]c(=O)c(C#N)cc1C(=O)N1CCC2(CCCN(C)C2=O)C1. The Morgan fingerprint density at radius 3 is 2.79 bits per heavy atom. The zero-order valence-corrected chi connectivity index (χ0v) is 13.9. The highest BCUT2D eigenvalue weighted by atomic mass is 16.2. The first kappa shape index (κ1) is 16.2. The Morgan fingerprint density at radius 1 is 1.33 bits per heavy atom. The summed E-state index contributed by atoms with van der Waals surface area (Å²) in [5.74, 6) is -0.127. The molecule has 1 aromatic heterocycles. The lowest BCUT2D eigenvalue weighted by molar-refractivity contribution is -0.143. The van der Waals surface area contributed by atoms with E-state index >= 15 is 0 Å². The smallest absolute Gasteiger partial charge is 0.266 e. The molecule has 24 heavy (non-hydrogen) atoms. The fourth-order valence-electron chi connectivity index (χ4n) is 3.79. The number of aromatic nitrogens is 1. The van der Waals surface area contributed by atoms with E-state index in [0.29, 0.717) is 30.8 Å². The fraction of sp³-hybridized carbons (Fsp3) is 0.529. The highest BCUT2D eigenvalue weighted by molar-refractivity contribution is 5.96. The maximum atomic E-state index is 12.8. The van der Waals surface area contributed by atoms with Crippen LogP contribution in [-0.2, 0) is 4.79 Å². The van der Waals surface area contributed by atoms with E-state index in [-0.39, 0.29) is 17.4 Å². The van der Waals surface area contributed by atoms with Crippen molar-refractivity contribution in [3.63, 3.8) is 0 Å². The van der Waals surface area contributed by atoms with E-state index in [0.717, 1.165) is 19.4 Å². The Balaban J connectivity index is 1.87. The topological polar surface area (TPSA) is 97.3 Å². The average Bonchev–Trinajstić information content (AvgIpc) is 2.97. The van der Waals surface area contributed by atoms with Crippen molar-refractivity contribution in [1.82, 2.24) is 14.8 Å². The highest BCUT2D eigenvalue weighted by Crippen LogP contribution is 2.40. The number of nitrogens with one attached hydrogen (secondary N) is 1. The maximum Gasteiger partial charge on any atom is 0.266 e. The maximum absolute atomic E-state index is 12.8. The van der Waals surface area contributed by atoms with Crippen molar-refractivity contribution in [2.75, 3.05) is 26.7 Å². The number of nitriles is 1. The van der Waals surface area contributed by atoms with E-state index in [1.165, 1.54) is 6.07 Å². The van der Waals surface area contributed by atoms with Crippen LogP contribution in [0.15, 0.2) is 10.9 Å². The molecule has 2 saturated heterocycles. The zero-order valence-electron chi connectivity index (χ0n) is 13.9. The van der Waals surface area contributed by atoms with Crippen molar-refractivity contribution in [2.24, 2.45) is 5.41 Å². The third-order valence-electron chi connectivity index (χ3n) is 5.18. The van der Waals surface area contributed by atoms with Crippen LogP contribution in [0.25, 0.3) is 0 Å². The molecule has 7 heteroatoms. The summed E-state index contributed by atoms with van der Waals surface area (Å²) in [5, 5.41) is 9.00. The molecule has 1 atom stereocenters. The van der Waals surface area contributed by atoms with Gasteiger partial charge in [0.15, 0.2) is 0 Å². The van der Waals surface area contributed by atoms with Crippen molar-refractivity contribution >= 4 is 11.8 Å². The van der Waals surface area contributed by atoms with E-state index in [9.17, 15) is 14.4 Å². The van der Waals surface area contributed by atoms with Crippen molar-refractivity contribution in [3.8, 4) is 6.07 Å². The van der Waals surface area contributed by atoms with Gasteiger partial charge < -0.3 is 14.8 Å².